The standard InChI is InChI=1S/C11H10N2/c1-9-3-5-10(6-4-9)11-12-7-2-8-13-11/h2-8H,1H3. The molecule has 1 heterocycles. The molecule has 0 spiro atoms. The van der Waals surface area contributed by atoms with Crippen molar-refractivity contribution in [2.45, 2.75) is 6.92 Å². The van der Waals surface area contributed by atoms with Gasteiger partial charge in [-0.3, -0.25) is 0 Å². The third-order valence-corrected chi connectivity index (χ3v) is 1.88. The number of aryl methyl sites for hydroxylation is 1. The zero-order valence-corrected chi connectivity index (χ0v) is 7.44. The van der Waals surface area contributed by atoms with Crippen LogP contribution in [0.3, 0.4) is 0 Å². The Hall–Kier alpha value is -1.70. The maximum atomic E-state index is 4.17. The highest BCUT2D eigenvalue weighted by atomic mass is 14.8. The fourth-order valence-electron chi connectivity index (χ4n) is 1.15. The van der Waals surface area contributed by atoms with Gasteiger partial charge in [0, 0.05) is 18.0 Å². The quantitative estimate of drug-likeness (QED) is 0.657. The van der Waals surface area contributed by atoms with Crippen LogP contribution in [0.15, 0.2) is 42.7 Å². The maximum Gasteiger partial charge on any atom is 0.159 e. The van der Waals surface area contributed by atoms with Crippen molar-refractivity contribution in [1.82, 2.24) is 9.97 Å². The van der Waals surface area contributed by atoms with E-state index in [1.165, 1.54) is 5.56 Å². The summed E-state index contributed by atoms with van der Waals surface area (Å²) < 4.78 is 0. The molecule has 2 nitrogen and oxygen atoms in total. The summed E-state index contributed by atoms with van der Waals surface area (Å²) in [6.45, 7) is 2.07. The first-order chi connectivity index (χ1) is 6.36. The molecular weight excluding hydrogens is 160 g/mol. The lowest BCUT2D eigenvalue weighted by atomic mass is 10.1. The molecule has 0 radical (unpaired) electrons. The van der Waals surface area contributed by atoms with Gasteiger partial charge in [0.2, 0.25) is 0 Å². The Morgan fingerprint density at radius 2 is 1.54 bits per heavy atom. The molecule has 2 heteroatoms. The number of nitrogens with zero attached hydrogens (tertiary/aromatic N) is 2. The lowest BCUT2D eigenvalue weighted by Gasteiger charge is -1.98. The van der Waals surface area contributed by atoms with Gasteiger partial charge in [0.15, 0.2) is 5.82 Å². The second kappa shape index (κ2) is 3.35. The minimum absolute atomic E-state index is 0.780. The average molecular weight is 170 g/mol. The highest BCUT2D eigenvalue weighted by Gasteiger charge is 1.97. The fraction of sp³-hybridized carbons (Fsp3) is 0.0909. The van der Waals surface area contributed by atoms with Crippen LogP contribution in [0.5, 0.6) is 0 Å². The van der Waals surface area contributed by atoms with E-state index < -0.39 is 0 Å². The molecule has 1 aromatic carbocycles. The lowest BCUT2D eigenvalue weighted by molar-refractivity contribution is 1.17. The molecule has 0 atom stereocenters. The molecule has 1 aromatic heterocycles. The van der Waals surface area contributed by atoms with E-state index in [0.29, 0.717) is 0 Å². The van der Waals surface area contributed by atoms with Crippen LogP contribution >= 0.6 is 0 Å². The molecule has 0 bridgehead atoms. The second-order valence-electron chi connectivity index (χ2n) is 2.94. The Kier molecular flexibility index (Phi) is 2.04. The molecule has 13 heavy (non-hydrogen) atoms. The Labute approximate surface area is 77.3 Å². The summed E-state index contributed by atoms with van der Waals surface area (Å²) >= 11 is 0. The minimum atomic E-state index is 0.780. The SMILES string of the molecule is Cc1ccc(-c2ncccn2)cc1. The van der Waals surface area contributed by atoms with Crippen molar-refractivity contribution < 1.29 is 0 Å². The van der Waals surface area contributed by atoms with Crippen molar-refractivity contribution >= 4 is 0 Å². The van der Waals surface area contributed by atoms with Crippen molar-refractivity contribution in [3.05, 3.63) is 48.3 Å². The van der Waals surface area contributed by atoms with Crippen LogP contribution in [0.1, 0.15) is 5.56 Å². The summed E-state index contributed by atoms with van der Waals surface area (Å²) in [7, 11) is 0. The summed E-state index contributed by atoms with van der Waals surface area (Å²) in [5.74, 6) is 0.780. The molecule has 0 amide bonds. The minimum Gasteiger partial charge on any atom is -0.237 e. The number of aromatic nitrogens is 2. The lowest BCUT2D eigenvalue weighted by Crippen LogP contribution is -1.85. The molecule has 0 saturated heterocycles. The zero-order chi connectivity index (χ0) is 9.10. The van der Waals surface area contributed by atoms with Crippen LogP contribution in [-0.4, -0.2) is 9.97 Å². The number of benzene rings is 1. The normalized spacial score (nSPS) is 9.92. The molecule has 0 aliphatic carbocycles. The van der Waals surface area contributed by atoms with Gasteiger partial charge in [-0.2, -0.15) is 0 Å². The molecular formula is C11H10N2. The third kappa shape index (κ3) is 1.72. The van der Waals surface area contributed by atoms with Gasteiger partial charge in [0.1, 0.15) is 0 Å². The predicted octanol–water partition coefficient (Wildman–Crippen LogP) is 2.45. The van der Waals surface area contributed by atoms with Crippen molar-refractivity contribution in [2.24, 2.45) is 0 Å². The molecule has 0 aliphatic rings. The van der Waals surface area contributed by atoms with Gasteiger partial charge >= 0.3 is 0 Å². The van der Waals surface area contributed by atoms with E-state index in [4.69, 9.17) is 0 Å². The van der Waals surface area contributed by atoms with E-state index in [9.17, 15) is 0 Å². The molecule has 0 N–H and O–H groups in total. The Morgan fingerprint density at radius 3 is 2.15 bits per heavy atom. The van der Waals surface area contributed by atoms with E-state index in [-0.39, 0.29) is 0 Å². The first kappa shape index (κ1) is 7.92. The van der Waals surface area contributed by atoms with E-state index >= 15 is 0 Å². The van der Waals surface area contributed by atoms with Crippen LogP contribution < -0.4 is 0 Å². The summed E-state index contributed by atoms with van der Waals surface area (Å²) in [6, 6.07) is 10.0. The summed E-state index contributed by atoms with van der Waals surface area (Å²) in [6.07, 6.45) is 3.50. The molecule has 0 unspecified atom stereocenters. The Morgan fingerprint density at radius 1 is 0.923 bits per heavy atom. The second-order valence-corrected chi connectivity index (χ2v) is 2.94. The molecule has 0 saturated carbocycles. The Balaban J connectivity index is 2.42. The van der Waals surface area contributed by atoms with Gasteiger partial charge < -0.3 is 0 Å². The van der Waals surface area contributed by atoms with E-state index in [2.05, 4.69) is 29.0 Å². The van der Waals surface area contributed by atoms with Gasteiger partial charge in [-0.25, -0.2) is 9.97 Å². The van der Waals surface area contributed by atoms with Crippen molar-refractivity contribution in [3.8, 4) is 11.4 Å². The van der Waals surface area contributed by atoms with Crippen LogP contribution in [0, 0.1) is 6.92 Å². The van der Waals surface area contributed by atoms with E-state index in [1.54, 1.807) is 12.4 Å². The largest absolute Gasteiger partial charge is 0.237 e. The third-order valence-electron chi connectivity index (χ3n) is 1.88. The van der Waals surface area contributed by atoms with E-state index in [0.717, 1.165) is 11.4 Å². The fourth-order valence-corrected chi connectivity index (χ4v) is 1.15. The number of rotatable bonds is 1. The van der Waals surface area contributed by atoms with Crippen molar-refractivity contribution in [1.29, 1.82) is 0 Å². The summed E-state index contributed by atoms with van der Waals surface area (Å²) in [5.41, 5.74) is 2.31. The average Bonchev–Trinajstić information content (AvgIpc) is 2.20. The zero-order valence-electron chi connectivity index (χ0n) is 7.44. The van der Waals surface area contributed by atoms with Crippen LogP contribution in [0.25, 0.3) is 11.4 Å². The molecule has 64 valence electrons. The Bertz CT molecular complexity index is 379. The molecule has 2 aromatic rings. The first-order valence-electron chi connectivity index (χ1n) is 4.20. The van der Waals surface area contributed by atoms with Crippen molar-refractivity contribution in [2.75, 3.05) is 0 Å². The maximum absolute atomic E-state index is 4.17. The van der Waals surface area contributed by atoms with Crippen LogP contribution in [0.2, 0.25) is 0 Å². The number of hydrogen-bond donors (Lipinski definition) is 0. The molecule has 0 aliphatic heterocycles. The highest BCUT2D eigenvalue weighted by Crippen LogP contribution is 2.13. The van der Waals surface area contributed by atoms with Crippen LogP contribution in [-0.2, 0) is 0 Å². The topological polar surface area (TPSA) is 25.8 Å². The molecule has 2 rings (SSSR count). The number of hydrogen-bond acceptors (Lipinski definition) is 2. The summed E-state index contributed by atoms with van der Waals surface area (Å²) in [4.78, 5) is 8.34. The van der Waals surface area contributed by atoms with Gasteiger partial charge in [0.25, 0.3) is 0 Å². The van der Waals surface area contributed by atoms with Gasteiger partial charge in [-0.15, -0.1) is 0 Å². The molecule has 0 fully saturated rings. The van der Waals surface area contributed by atoms with Gasteiger partial charge in [-0.05, 0) is 13.0 Å². The van der Waals surface area contributed by atoms with E-state index in [1.807, 2.05) is 18.2 Å². The van der Waals surface area contributed by atoms with Crippen molar-refractivity contribution in [3.63, 3.8) is 0 Å². The first-order valence-corrected chi connectivity index (χ1v) is 4.20. The predicted molar refractivity (Wildman–Crippen MR) is 52.2 cm³/mol. The smallest absolute Gasteiger partial charge is 0.159 e. The highest BCUT2D eigenvalue weighted by molar-refractivity contribution is 5.54. The summed E-state index contributed by atoms with van der Waals surface area (Å²) in [5, 5.41) is 0. The van der Waals surface area contributed by atoms with Crippen LogP contribution in [0.4, 0.5) is 0 Å². The monoisotopic (exact) mass is 170 g/mol. The van der Waals surface area contributed by atoms with Gasteiger partial charge in [0.05, 0.1) is 0 Å². The van der Waals surface area contributed by atoms with Gasteiger partial charge in [-0.1, -0.05) is 29.8 Å².